The fourth-order valence-electron chi connectivity index (χ4n) is 2.92. The maximum Gasteiger partial charge on any atom is 0.338 e. The summed E-state index contributed by atoms with van der Waals surface area (Å²) in [4.78, 5) is 47.3. The maximum atomic E-state index is 12.7. The van der Waals surface area contributed by atoms with Gasteiger partial charge in [-0.25, -0.2) is 9.59 Å². The van der Waals surface area contributed by atoms with Crippen LogP contribution >= 0.6 is 15.9 Å². The molecule has 174 valence electrons. The maximum absolute atomic E-state index is 12.7. The molecule has 1 amide bonds. The number of benzene rings is 3. The highest BCUT2D eigenvalue weighted by Crippen LogP contribution is 2.33. The molecule has 10 nitrogen and oxygen atoms in total. The molecule has 0 aliphatic heterocycles. The standard InChI is InChI=1S/C23H17BrN2O8/c1-32-22(28)17-8-7-16(12-18(17)23(29)33-2)34-20-9-6-14(24)11-19(20)25-21(27)13-4-3-5-15(10-13)26(30)31/h3-12H,1-2H3,(H,25,27). The van der Waals surface area contributed by atoms with Crippen LogP contribution in [-0.4, -0.2) is 37.0 Å². The van der Waals surface area contributed by atoms with E-state index in [4.69, 9.17) is 9.47 Å². The third kappa shape index (κ3) is 5.56. The molecule has 0 bridgehead atoms. The minimum absolute atomic E-state index is 0.00305. The molecule has 3 aromatic carbocycles. The van der Waals surface area contributed by atoms with Gasteiger partial charge in [-0.15, -0.1) is 0 Å². The summed E-state index contributed by atoms with van der Waals surface area (Å²) >= 11 is 3.32. The number of ether oxygens (including phenoxy) is 3. The molecule has 3 rings (SSSR count). The number of hydrogen-bond acceptors (Lipinski definition) is 8. The van der Waals surface area contributed by atoms with Gasteiger partial charge in [0.25, 0.3) is 11.6 Å². The number of carbonyl (C=O) groups is 3. The van der Waals surface area contributed by atoms with Crippen molar-refractivity contribution in [3.63, 3.8) is 0 Å². The van der Waals surface area contributed by atoms with Crippen molar-refractivity contribution in [3.8, 4) is 11.5 Å². The fraction of sp³-hybridized carbons (Fsp3) is 0.0870. The molecule has 0 saturated carbocycles. The summed E-state index contributed by atoms with van der Waals surface area (Å²) in [6.45, 7) is 0. The third-order valence-corrected chi connectivity index (χ3v) is 5.03. The lowest BCUT2D eigenvalue weighted by Gasteiger charge is -2.14. The normalized spacial score (nSPS) is 10.2. The van der Waals surface area contributed by atoms with E-state index >= 15 is 0 Å². The monoisotopic (exact) mass is 528 g/mol. The number of amides is 1. The van der Waals surface area contributed by atoms with Gasteiger partial charge in [-0.2, -0.15) is 0 Å². The van der Waals surface area contributed by atoms with E-state index in [-0.39, 0.29) is 39.6 Å². The lowest BCUT2D eigenvalue weighted by Crippen LogP contribution is -2.13. The van der Waals surface area contributed by atoms with Crippen LogP contribution in [0.5, 0.6) is 11.5 Å². The van der Waals surface area contributed by atoms with Gasteiger partial charge in [-0.1, -0.05) is 22.0 Å². The molecule has 11 heteroatoms. The Morgan fingerprint density at radius 2 is 1.62 bits per heavy atom. The minimum atomic E-state index is -0.763. The van der Waals surface area contributed by atoms with Crippen LogP contribution < -0.4 is 10.1 Å². The highest BCUT2D eigenvalue weighted by atomic mass is 79.9. The van der Waals surface area contributed by atoms with Crippen LogP contribution in [0.15, 0.2) is 65.1 Å². The molecule has 0 unspecified atom stereocenters. The largest absolute Gasteiger partial charge is 0.465 e. The highest BCUT2D eigenvalue weighted by molar-refractivity contribution is 9.10. The number of nitrogens with one attached hydrogen (secondary N) is 1. The molecule has 0 atom stereocenters. The number of rotatable bonds is 7. The lowest BCUT2D eigenvalue weighted by molar-refractivity contribution is -0.384. The van der Waals surface area contributed by atoms with Gasteiger partial charge in [0.1, 0.15) is 5.75 Å². The SMILES string of the molecule is COC(=O)c1ccc(Oc2ccc(Br)cc2NC(=O)c2cccc([N+](=O)[O-])c2)cc1C(=O)OC. The van der Waals surface area contributed by atoms with Crippen LogP contribution in [0, 0.1) is 10.1 Å². The minimum Gasteiger partial charge on any atom is -0.465 e. The number of anilines is 1. The quantitative estimate of drug-likeness (QED) is 0.258. The van der Waals surface area contributed by atoms with Gasteiger partial charge in [0, 0.05) is 22.2 Å². The van der Waals surface area contributed by atoms with Gasteiger partial charge in [0.2, 0.25) is 0 Å². The second kappa shape index (κ2) is 10.6. The lowest BCUT2D eigenvalue weighted by atomic mass is 10.1. The van der Waals surface area contributed by atoms with Gasteiger partial charge in [-0.3, -0.25) is 14.9 Å². The Hall–Kier alpha value is -4.25. The number of methoxy groups -OCH3 is 2. The van der Waals surface area contributed by atoms with Crippen LogP contribution in [0.2, 0.25) is 0 Å². The van der Waals surface area contributed by atoms with Gasteiger partial charge in [0.05, 0.1) is 36.0 Å². The Labute approximate surface area is 201 Å². The van der Waals surface area contributed by atoms with Crippen molar-refractivity contribution in [2.45, 2.75) is 0 Å². The van der Waals surface area contributed by atoms with Crippen molar-refractivity contribution in [2.75, 3.05) is 19.5 Å². The summed E-state index contributed by atoms with van der Waals surface area (Å²) in [5.74, 6) is -1.69. The molecule has 0 spiro atoms. The number of carbonyl (C=O) groups excluding carboxylic acids is 3. The van der Waals surface area contributed by atoms with Crippen molar-refractivity contribution < 1.29 is 33.5 Å². The van der Waals surface area contributed by atoms with Gasteiger partial charge in [-0.05, 0) is 42.5 Å². The van der Waals surface area contributed by atoms with E-state index in [1.807, 2.05) is 0 Å². The number of hydrogen-bond donors (Lipinski definition) is 1. The topological polar surface area (TPSA) is 134 Å². The Balaban J connectivity index is 1.93. The first-order valence-corrected chi connectivity index (χ1v) is 10.4. The van der Waals surface area contributed by atoms with Gasteiger partial charge < -0.3 is 19.5 Å². The van der Waals surface area contributed by atoms with E-state index in [1.54, 1.807) is 18.2 Å². The van der Waals surface area contributed by atoms with Crippen LogP contribution in [0.4, 0.5) is 11.4 Å². The average molecular weight is 529 g/mol. The average Bonchev–Trinajstić information content (AvgIpc) is 2.84. The Kier molecular flexibility index (Phi) is 7.59. The van der Waals surface area contributed by atoms with E-state index < -0.39 is 22.8 Å². The van der Waals surface area contributed by atoms with E-state index in [0.717, 1.165) is 6.07 Å². The fourth-order valence-corrected chi connectivity index (χ4v) is 3.29. The first kappa shape index (κ1) is 24.4. The molecule has 34 heavy (non-hydrogen) atoms. The Bertz CT molecular complexity index is 1290. The number of esters is 2. The molecular weight excluding hydrogens is 512 g/mol. The Morgan fingerprint density at radius 3 is 2.29 bits per heavy atom. The van der Waals surface area contributed by atoms with E-state index in [0.29, 0.717) is 4.47 Å². The molecule has 0 aliphatic rings. The summed E-state index contributed by atoms with van der Waals surface area (Å²) in [5.41, 5.74) is 0.0420. The van der Waals surface area contributed by atoms with Crippen LogP contribution in [0.1, 0.15) is 31.1 Å². The second-order valence-corrected chi connectivity index (χ2v) is 7.61. The molecule has 0 fully saturated rings. The summed E-state index contributed by atoms with van der Waals surface area (Å²) in [6.07, 6.45) is 0. The summed E-state index contributed by atoms with van der Waals surface area (Å²) in [5, 5.41) is 13.7. The first-order valence-electron chi connectivity index (χ1n) is 9.57. The highest BCUT2D eigenvalue weighted by Gasteiger charge is 2.20. The summed E-state index contributed by atoms with van der Waals surface area (Å²) in [6, 6.07) is 14.2. The van der Waals surface area contributed by atoms with Crippen LogP contribution in [0.3, 0.4) is 0 Å². The molecule has 1 N–H and O–H groups in total. The van der Waals surface area contributed by atoms with Crippen LogP contribution in [0.25, 0.3) is 0 Å². The predicted molar refractivity (Wildman–Crippen MR) is 124 cm³/mol. The predicted octanol–water partition coefficient (Wildman–Crippen LogP) is 4.98. The molecule has 3 aromatic rings. The number of non-ortho nitro benzene ring substituents is 1. The van der Waals surface area contributed by atoms with Crippen molar-refractivity contribution in [3.05, 3.63) is 91.9 Å². The molecule has 0 aliphatic carbocycles. The van der Waals surface area contributed by atoms with E-state index in [1.165, 1.54) is 50.6 Å². The zero-order valence-corrected chi connectivity index (χ0v) is 19.5. The number of nitro groups is 1. The third-order valence-electron chi connectivity index (χ3n) is 4.54. The van der Waals surface area contributed by atoms with Crippen molar-refractivity contribution >= 4 is 45.2 Å². The number of nitrogens with zero attached hydrogens (tertiary/aromatic N) is 1. The Morgan fingerprint density at radius 1 is 0.912 bits per heavy atom. The summed E-state index contributed by atoms with van der Waals surface area (Å²) in [7, 11) is 2.36. The van der Waals surface area contributed by atoms with Crippen molar-refractivity contribution in [2.24, 2.45) is 0 Å². The number of halogens is 1. The van der Waals surface area contributed by atoms with Crippen molar-refractivity contribution in [1.82, 2.24) is 0 Å². The molecule has 0 radical (unpaired) electrons. The second-order valence-electron chi connectivity index (χ2n) is 6.69. The molecule has 0 aromatic heterocycles. The van der Waals surface area contributed by atoms with Gasteiger partial charge in [0.15, 0.2) is 5.75 Å². The summed E-state index contributed by atoms with van der Waals surface area (Å²) < 4.78 is 15.9. The zero-order valence-electron chi connectivity index (χ0n) is 17.9. The molecule has 0 saturated heterocycles. The first-order chi connectivity index (χ1) is 16.2. The van der Waals surface area contributed by atoms with Crippen molar-refractivity contribution in [1.29, 1.82) is 0 Å². The zero-order chi connectivity index (χ0) is 24.8. The molecule has 0 heterocycles. The van der Waals surface area contributed by atoms with E-state index in [9.17, 15) is 24.5 Å². The van der Waals surface area contributed by atoms with E-state index in [2.05, 4.69) is 26.0 Å². The van der Waals surface area contributed by atoms with Gasteiger partial charge >= 0.3 is 11.9 Å². The smallest absolute Gasteiger partial charge is 0.338 e. The van der Waals surface area contributed by atoms with Crippen LogP contribution in [-0.2, 0) is 9.47 Å². The number of nitro benzene ring substituents is 1. The molecular formula is C23H17BrN2O8.